The molecule has 6 heteroatoms. The van der Waals surface area contributed by atoms with Crippen molar-refractivity contribution in [1.29, 1.82) is 0 Å². The van der Waals surface area contributed by atoms with E-state index in [1.165, 1.54) is 19.3 Å². The lowest BCUT2D eigenvalue weighted by molar-refractivity contribution is -0.144. The largest absolute Gasteiger partial charge is 0.489 e. The zero-order chi connectivity index (χ0) is 23.4. The number of hydrogen-bond donors (Lipinski definition) is 1. The van der Waals surface area contributed by atoms with Crippen molar-refractivity contribution < 1.29 is 19.4 Å². The van der Waals surface area contributed by atoms with Gasteiger partial charge in [0, 0.05) is 35.6 Å². The van der Waals surface area contributed by atoms with Crippen LogP contribution in [0.4, 0.5) is 5.69 Å². The first-order valence-electron chi connectivity index (χ1n) is 12.6. The van der Waals surface area contributed by atoms with Crippen LogP contribution in [-0.2, 0) is 16.2 Å². The molecule has 0 saturated heterocycles. The Morgan fingerprint density at radius 1 is 1.12 bits per heavy atom. The molecular weight excluding hydrogens is 428 g/mol. The van der Waals surface area contributed by atoms with Crippen molar-refractivity contribution in [3.63, 3.8) is 0 Å². The molecule has 1 aromatic heterocycles. The number of benzene rings is 1. The molecule has 4 bridgehead atoms. The number of aliphatic carboxylic acids is 1. The number of ether oxygens (including phenoxy) is 1. The summed E-state index contributed by atoms with van der Waals surface area (Å²) in [6.07, 6.45) is 10.4. The number of pyridine rings is 1. The SMILES string of the molecule is CC1C(CC(=O)O)c2cc(OCc3cccnc3)ccc2N1C(=O)C12CC3CC(CC(C3)C1)C2. The molecule has 0 spiro atoms. The zero-order valence-corrected chi connectivity index (χ0v) is 19.7. The molecule has 6 nitrogen and oxygen atoms in total. The van der Waals surface area contributed by atoms with E-state index in [9.17, 15) is 14.7 Å². The van der Waals surface area contributed by atoms with Crippen molar-refractivity contribution in [1.82, 2.24) is 4.98 Å². The number of anilines is 1. The quantitative estimate of drug-likeness (QED) is 0.643. The van der Waals surface area contributed by atoms with E-state index < -0.39 is 5.97 Å². The second-order valence-electron chi connectivity index (χ2n) is 11.2. The average molecular weight is 461 g/mol. The fourth-order valence-electron chi connectivity index (χ4n) is 7.84. The first-order chi connectivity index (χ1) is 16.4. The summed E-state index contributed by atoms with van der Waals surface area (Å²) in [6, 6.07) is 9.47. The van der Waals surface area contributed by atoms with Crippen LogP contribution in [0.1, 0.15) is 68.9 Å². The van der Waals surface area contributed by atoms with Gasteiger partial charge in [0.2, 0.25) is 5.91 Å². The predicted molar refractivity (Wildman–Crippen MR) is 128 cm³/mol. The molecule has 7 rings (SSSR count). The number of fused-ring (bicyclic) bond motifs is 1. The second-order valence-corrected chi connectivity index (χ2v) is 11.2. The normalized spacial score (nSPS) is 33.1. The van der Waals surface area contributed by atoms with Gasteiger partial charge in [0.25, 0.3) is 0 Å². The van der Waals surface area contributed by atoms with Gasteiger partial charge < -0.3 is 14.7 Å². The molecule has 1 aliphatic heterocycles. The van der Waals surface area contributed by atoms with E-state index in [2.05, 4.69) is 4.98 Å². The van der Waals surface area contributed by atoms with Crippen molar-refractivity contribution in [2.75, 3.05) is 4.90 Å². The zero-order valence-electron chi connectivity index (χ0n) is 19.7. The molecule has 4 fully saturated rings. The van der Waals surface area contributed by atoms with Gasteiger partial charge in [0.1, 0.15) is 12.4 Å². The summed E-state index contributed by atoms with van der Waals surface area (Å²) in [4.78, 5) is 32.1. The summed E-state index contributed by atoms with van der Waals surface area (Å²) >= 11 is 0. The average Bonchev–Trinajstić information content (AvgIpc) is 3.07. The molecule has 2 aromatic rings. The summed E-state index contributed by atoms with van der Waals surface area (Å²) in [5, 5.41) is 9.65. The first-order valence-corrected chi connectivity index (χ1v) is 12.6. The summed E-state index contributed by atoms with van der Waals surface area (Å²) in [7, 11) is 0. The van der Waals surface area contributed by atoms with Crippen LogP contribution in [0.2, 0.25) is 0 Å². The number of carboxylic acids is 1. The maximum absolute atomic E-state index is 14.2. The fourth-order valence-corrected chi connectivity index (χ4v) is 7.84. The van der Waals surface area contributed by atoms with Crippen LogP contribution in [0.3, 0.4) is 0 Å². The summed E-state index contributed by atoms with van der Waals surface area (Å²) in [5.41, 5.74) is 2.50. The third kappa shape index (κ3) is 3.58. The number of hydrogen-bond acceptors (Lipinski definition) is 4. The maximum atomic E-state index is 14.2. The Bertz CT molecular complexity index is 1080. The number of aromatic nitrogens is 1. The van der Waals surface area contributed by atoms with Crippen LogP contribution < -0.4 is 9.64 Å². The van der Waals surface area contributed by atoms with Gasteiger partial charge >= 0.3 is 5.97 Å². The molecule has 34 heavy (non-hydrogen) atoms. The van der Waals surface area contributed by atoms with E-state index >= 15 is 0 Å². The lowest BCUT2D eigenvalue weighted by atomic mass is 9.49. The monoisotopic (exact) mass is 460 g/mol. The van der Waals surface area contributed by atoms with Crippen LogP contribution in [0.5, 0.6) is 5.75 Å². The molecule has 178 valence electrons. The van der Waals surface area contributed by atoms with Crippen molar-refractivity contribution in [3.8, 4) is 5.75 Å². The summed E-state index contributed by atoms with van der Waals surface area (Å²) in [5.74, 6) is 1.90. The number of rotatable bonds is 6. The van der Waals surface area contributed by atoms with E-state index in [0.717, 1.165) is 36.1 Å². The van der Waals surface area contributed by atoms with Gasteiger partial charge in [-0.05, 0) is 93.0 Å². The van der Waals surface area contributed by atoms with Gasteiger partial charge in [-0.2, -0.15) is 0 Å². The Morgan fingerprint density at radius 2 is 1.82 bits per heavy atom. The van der Waals surface area contributed by atoms with Crippen molar-refractivity contribution in [2.45, 2.75) is 70.4 Å². The van der Waals surface area contributed by atoms with Crippen LogP contribution in [0, 0.1) is 23.2 Å². The van der Waals surface area contributed by atoms with Crippen molar-refractivity contribution >= 4 is 17.6 Å². The third-order valence-electron chi connectivity index (χ3n) is 8.88. The Hall–Kier alpha value is -2.89. The topological polar surface area (TPSA) is 79.7 Å². The van der Waals surface area contributed by atoms with Gasteiger partial charge in [0.05, 0.1) is 11.8 Å². The smallest absolute Gasteiger partial charge is 0.304 e. The van der Waals surface area contributed by atoms with E-state index in [1.54, 1.807) is 12.4 Å². The van der Waals surface area contributed by atoms with Gasteiger partial charge in [-0.3, -0.25) is 14.6 Å². The number of nitrogens with zero attached hydrogens (tertiary/aromatic N) is 2. The van der Waals surface area contributed by atoms with Gasteiger partial charge in [-0.1, -0.05) is 6.07 Å². The molecule has 2 atom stereocenters. The minimum atomic E-state index is -0.839. The van der Waals surface area contributed by atoms with E-state index in [4.69, 9.17) is 4.74 Å². The molecular formula is C28H32N2O4. The highest BCUT2D eigenvalue weighted by Crippen LogP contribution is 2.61. The van der Waals surface area contributed by atoms with Crippen molar-refractivity contribution in [3.05, 3.63) is 53.9 Å². The Morgan fingerprint density at radius 3 is 2.44 bits per heavy atom. The lowest BCUT2D eigenvalue weighted by Gasteiger charge is -2.56. The second kappa shape index (κ2) is 8.10. The number of carbonyl (C=O) groups excluding carboxylic acids is 1. The van der Waals surface area contributed by atoms with E-state index in [0.29, 0.717) is 30.1 Å². The van der Waals surface area contributed by atoms with Crippen molar-refractivity contribution in [2.24, 2.45) is 23.2 Å². The molecule has 2 unspecified atom stereocenters. The summed E-state index contributed by atoms with van der Waals surface area (Å²) in [6.45, 7) is 2.41. The highest BCUT2D eigenvalue weighted by Gasteiger charge is 2.57. The lowest BCUT2D eigenvalue weighted by Crippen LogP contribution is -2.56. The number of carbonyl (C=O) groups is 2. The Balaban J connectivity index is 1.31. The number of carboxylic acid groups (broad SMARTS) is 1. The Kier molecular flexibility index (Phi) is 5.16. The van der Waals surface area contributed by atoms with Crippen LogP contribution in [0.15, 0.2) is 42.7 Å². The highest BCUT2D eigenvalue weighted by atomic mass is 16.5. The molecule has 2 heterocycles. The molecule has 4 saturated carbocycles. The Labute approximate surface area is 200 Å². The fraction of sp³-hybridized carbons (Fsp3) is 0.536. The molecule has 4 aliphatic carbocycles. The standard InChI is InChI=1S/C28H32N2O4/c1-17-23(11-26(31)32)24-10-22(34-16-18-3-2-6-29-15-18)4-5-25(24)30(17)27(33)28-12-19-7-20(13-28)9-21(8-19)14-28/h2-6,10,15,17,19-21,23H,7-9,11-14,16H2,1H3,(H,31,32). The molecule has 1 amide bonds. The van der Waals surface area contributed by atoms with Gasteiger partial charge in [-0.15, -0.1) is 0 Å². The predicted octanol–water partition coefficient (Wildman–Crippen LogP) is 5.17. The van der Waals surface area contributed by atoms with Crippen LogP contribution >= 0.6 is 0 Å². The summed E-state index contributed by atoms with van der Waals surface area (Å²) < 4.78 is 6.01. The molecule has 1 aromatic carbocycles. The minimum Gasteiger partial charge on any atom is -0.489 e. The van der Waals surface area contributed by atoms with Gasteiger partial charge in [0.15, 0.2) is 0 Å². The highest BCUT2D eigenvalue weighted by molar-refractivity contribution is 6.01. The van der Waals surface area contributed by atoms with Crippen LogP contribution in [0.25, 0.3) is 0 Å². The first kappa shape index (κ1) is 21.6. The third-order valence-corrected chi connectivity index (χ3v) is 8.88. The molecule has 0 radical (unpaired) electrons. The number of amides is 1. The van der Waals surface area contributed by atoms with E-state index in [1.807, 2.05) is 42.2 Å². The molecule has 1 N–H and O–H groups in total. The van der Waals surface area contributed by atoms with Crippen LogP contribution in [-0.4, -0.2) is 28.0 Å². The van der Waals surface area contributed by atoms with E-state index in [-0.39, 0.29) is 29.7 Å². The minimum absolute atomic E-state index is 0.00484. The molecule has 5 aliphatic rings. The maximum Gasteiger partial charge on any atom is 0.304 e. The van der Waals surface area contributed by atoms with Gasteiger partial charge in [-0.25, -0.2) is 0 Å².